The molecule has 1 fully saturated rings. The Hall–Kier alpha value is -1.95. The van der Waals surface area contributed by atoms with E-state index in [1.165, 1.54) is 6.07 Å². The molecule has 0 unspecified atom stereocenters. The van der Waals surface area contributed by atoms with Gasteiger partial charge in [-0.1, -0.05) is 13.0 Å². The van der Waals surface area contributed by atoms with Gasteiger partial charge in [-0.3, -0.25) is 14.9 Å². The summed E-state index contributed by atoms with van der Waals surface area (Å²) in [7, 11) is 0. The highest BCUT2D eigenvalue weighted by Crippen LogP contribution is 2.33. The molecule has 18 heavy (non-hydrogen) atoms. The van der Waals surface area contributed by atoms with Crippen molar-refractivity contribution in [3.8, 4) is 0 Å². The van der Waals surface area contributed by atoms with Crippen molar-refractivity contribution in [1.29, 1.82) is 0 Å². The average Bonchev–Trinajstić information content (AvgIpc) is 3.08. The molecular weight excluding hydrogens is 234 g/mol. The van der Waals surface area contributed by atoms with Gasteiger partial charge in [-0.15, -0.1) is 0 Å². The predicted molar refractivity (Wildman–Crippen MR) is 67.3 cm³/mol. The second kappa shape index (κ2) is 4.38. The molecule has 96 valence electrons. The highest BCUT2D eigenvalue weighted by Gasteiger charge is 2.46. The van der Waals surface area contributed by atoms with Crippen LogP contribution in [0.5, 0.6) is 0 Å². The third-order valence-corrected chi connectivity index (χ3v) is 3.16. The minimum Gasteiger partial charge on any atom is -0.324 e. The van der Waals surface area contributed by atoms with Crippen LogP contribution in [0.25, 0.3) is 0 Å². The predicted octanol–water partition coefficient (Wildman–Crippen LogP) is 1.59. The lowest BCUT2D eigenvalue weighted by atomic mass is 10.1. The first kappa shape index (κ1) is 12.5. The van der Waals surface area contributed by atoms with Crippen LogP contribution in [0.2, 0.25) is 0 Å². The third-order valence-electron chi connectivity index (χ3n) is 3.16. The second-order valence-electron chi connectivity index (χ2n) is 4.56. The number of benzene rings is 1. The number of nitro groups is 1. The topological polar surface area (TPSA) is 98.3 Å². The molecule has 0 bridgehead atoms. The first-order chi connectivity index (χ1) is 8.46. The smallest absolute Gasteiger partial charge is 0.274 e. The summed E-state index contributed by atoms with van der Waals surface area (Å²) in [4.78, 5) is 22.2. The van der Waals surface area contributed by atoms with Crippen LogP contribution < -0.4 is 11.1 Å². The fourth-order valence-electron chi connectivity index (χ4n) is 1.73. The lowest BCUT2D eigenvalue weighted by Gasteiger charge is -2.10. The van der Waals surface area contributed by atoms with Gasteiger partial charge in [0.1, 0.15) is 0 Å². The first-order valence-corrected chi connectivity index (χ1v) is 5.84. The normalized spacial score (nSPS) is 16.1. The number of anilines is 1. The number of rotatable bonds is 4. The van der Waals surface area contributed by atoms with Gasteiger partial charge in [0.25, 0.3) is 5.69 Å². The molecule has 1 aliphatic rings. The summed E-state index contributed by atoms with van der Waals surface area (Å²) in [5.74, 6) is -0.277. The Morgan fingerprint density at radius 3 is 2.72 bits per heavy atom. The fraction of sp³-hybridized carbons (Fsp3) is 0.417. The largest absolute Gasteiger partial charge is 0.324 e. The Balaban J connectivity index is 2.21. The summed E-state index contributed by atoms with van der Waals surface area (Å²) in [6.45, 7) is 1.85. The molecule has 0 radical (unpaired) electrons. The van der Waals surface area contributed by atoms with Crippen molar-refractivity contribution in [3.05, 3.63) is 33.9 Å². The van der Waals surface area contributed by atoms with Crippen molar-refractivity contribution in [2.24, 2.45) is 5.73 Å². The summed E-state index contributed by atoms with van der Waals surface area (Å²) in [5.41, 5.74) is 6.05. The molecule has 1 aromatic carbocycles. The minimum atomic E-state index is -0.780. The van der Waals surface area contributed by atoms with Gasteiger partial charge in [0.15, 0.2) is 0 Å². The Morgan fingerprint density at radius 1 is 1.56 bits per heavy atom. The van der Waals surface area contributed by atoms with Crippen molar-refractivity contribution >= 4 is 17.3 Å². The summed E-state index contributed by atoms with van der Waals surface area (Å²) < 4.78 is 0. The standard InChI is InChI=1S/C12H15N3O3/c1-2-8-3-4-9(7-10(8)15(17)18)14-11(16)12(13)5-6-12/h3-4,7H,2,5-6,13H2,1H3,(H,14,16). The van der Waals surface area contributed by atoms with Crippen LogP contribution in [0, 0.1) is 10.1 Å². The molecule has 1 saturated carbocycles. The molecule has 0 spiro atoms. The number of hydrogen-bond acceptors (Lipinski definition) is 4. The Kier molecular flexibility index (Phi) is 3.04. The summed E-state index contributed by atoms with van der Waals surface area (Å²) in [6.07, 6.45) is 1.90. The van der Waals surface area contributed by atoms with Crippen LogP contribution in [0.3, 0.4) is 0 Å². The van der Waals surface area contributed by atoms with E-state index >= 15 is 0 Å². The van der Waals surface area contributed by atoms with Gasteiger partial charge < -0.3 is 11.1 Å². The molecule has 6 heteroatoms. The van der Waals surface area contributed by atoms with Gasteiger partial charge >= 0.3 is 0 Å². The molecule has 1 aliphatic carbocycles. The van der Waals surface area contributed by atoms with Crippen molar-refractivity contribution < 1.29 is 9.72 Å². The number of carbonyl (C=O) groups excluding carboxylic acids is 1. The van der Waals surface area contributed by atoms with E-state index in [9.17, 15) is 14.9 Å². The monoisotopic (exact) mass is 249 g/mol. The molecule has 2 rings (SSSR count). The van der Waals surface area contributed by atoms with Gasteiger partial charge in [0.2, 0.25) is 5.91 Å². The number of nitro benzene ring substituents is 1. The Labute approximate surface area is 104 Å². The fourth-order valence-corrected chi connectivity index (χ4v) is 1.73. The van der Waals surface area contributed by atoms with E-state index in [0.29, 0.717) is 30.5 Å². The molecule has 0 heterocycles. The number of carbonyl (C=O) groups is 1. The number of aryl methyl sites for hydroxylation is 1. The van der Waals surface area contributed by atoms with Gasteiger partial charge in [0, 0.05) is 17.3 Å². The highest BCUT2D eigenvalue weighted by molar-refractivity contribution is 6.00. The number of nitrogens with one attached hydrogen (secondary N) is 1. The van der Waals surface area contributed by atoms with Crippen molar-refractivity contribution in [1.82, 2.24) is 0 Å². The molecule has 3 N–H and O–H groups in total. The lowest BCUT2D eigenvalue weighted by Crippen LogP contribution is -2.37. The molecular formula is C12H15N3O3. The number of amides is 1. The van der Waals surface area contributed by atoms with Crippen LogP contribution >= 0.6 is 0 Å². The number of nitrogens with two attached hydrogens (primary N) is 1. The zero-order chi connectivity index (χ0) is 13.3. The zero-order valence-electron chi connectivity index (χ0n) is 10.1. The Morgan fingerprint density at radius 2 is 2.22 bits per heavy atom. The molecule has 0 atom stereocenters. The van der Waals surface area contributed by atoms with E-state index in [1.54, 1.807) is 12.1 Å². The van der Waals surface area contributed by atoms with Crippen LogP contribution in [-0.4, -0.2) is 16.4 Å². The van der Waals surface area contributed by atoms with Crippen LogP contribution in [0.1, 0.15) is 25.3 Å². The first-order valence-electron chi connectivity index (χ1n) is 5.84. The number of nitrogens with zero attached hydrogens (tertiary/aromatic N) is 1. The van der Waals surface area contributed by atoms with Gasteiger partial charge in [-0.05, 0) is 25.3 Å². The van der Waals surface area contributed by atoms with Crippen LogP contribution in [-0.2, 0) is 11.2 Å². The molecule has 1 aromatic rings. The molecule has 0 aliphatic heterocycles. The van der Waals surface area contributed by atoms with Crippen LogP contribution in [0.15, 0.2) is 18.2 Å². The second-order valence-corrected chi connectivity index (χ2v) is 4.56. The van der Waals surface area contributed by atoms with Gasteiger partial charge in [-0.25, -0.2) is 0 Å². The van der Waals surface area contributed by atoms with Gasteiger partial charge in [-0.2, -0.15) is 0 Å². The van der Waals surface area contributed by atoms with E-state index in [-0.39, 0.29) is 11.6 Å². The number of hydrogen-bond donors (Lipinski definition) is 2. The maximum absolute atomic E-state index is 11.7. The molecule has 0 saturated heterocycles. The third kappa shape index (κ3) is 2.33. The van der Waals surface area contributed by atoms with Crippen molar-refractivity contribution in [2.45, 2.75) is 31.7 Å². The SMILES string of the molecule is CCc1ccc(NC(=O)C2(N)CC2)cc1[N+](=O)[O-]. The average molecular weight is 249 g/mol. The highest BCUT2D eigenvalue weighted by atomic mass is 16.6. The van der Waals surface area contributed by atoms with Crippen molar-refractivity contribution in [3.63, 3.8) is 0 Å². The minimum absolute atomic E-state index is 0.0252. The molecule has 0 aromatic heterocycles. The van der Waals surface area contributed by atoms with E-state index in [0.717, 1.165) is 0 Å². The summed E-state index contributed by atoms with van der Waals surface area (Å²) >= 11 is 0. The summed E-state index contributed by atoms with van der Waals surface area (Å²) in [5, 5.41) is 13.5. The molecule has 1 amide bonds. The quantitative estimate of drug-likeness (QED) is 0.625. The van der Waals surface area contributed by atoms with E-state index in [2.05, 4.69) is 5.32 Å². The van der Waals surface area contributed by atoms with Crippen molar-refractivity contribution in [2.75, 3.05) is 5.32 Å². The lowest BCUT2D eigenvalue weighted by molar-refractivity contribution is -0.385. The summed E-state index contributed by atoms with van der Waals surface area (Å²) in [6, 6.07) is 4.70. The van der Waals surface area contributed by atoms with Crippen LogP contribution in [0.4, 0.5) is 11.4 Å². The maximum Gasteiger partial charge on any atom is 0.274 e. The Bertz CT molecular complexity index is 509. The van der Waals surface area contributed by atoms with E-state index < -0.39 is 10.5 Å². The molecule has 6 nitrogen and oxygen atoms in total. The zero-order valence-corrected chi connectivity index (χ0v) is 10.1. The maximum atomic E-state index is 11.7. The van der Waals surface area contributed by atoms with E-state index in [4.69, 9.17) is 5.73 Å². The van der Waals surface area contributed by atoms with E-state index in [1.807, 2.05) is 6.92 Å². The van der Waals surface area contributed by atoms with Gasteiger partial charge in [0.05, 0.1) is 10.5 Å².